The lowest BCUT2D eigenvalue weighted by atomic mass is 10.0. The summed E-state index contributed by atoms with van der Waals surface area (Å²) >= 11 is 5.82. The Morgan fingerprint density at radius 2 is 1.91 bits per heavy atom. The van der Waals surface area contributed by atoms with Gasteiger partial charge in [-0.3, -0.25) is 4.79 Å². The number of hydrogen-bond acceptors (Lipinski definition) is 2. The molecule has 0 spiro atoms. The smallest absolute Gasteiger partial charge is 0.222 e. The molecule has 3 nitrogen and oxygen atoms in total. The molecule has 0 unspecified atom stereocenters. The summed E-state index contributed by atoms with van der Waals surface area (Å²) in [4.78, 5) is 11.8. The van der Waals surface area contributed by atoms with Gasteiger partial charge in [-0.25, -0.2) is 4.39 Å². The van der Waals surface area contributed by atoms with Gasteiger partial charge in [-0.2, -0.15) is 0 Å². The molecule has 0 aliphatic rings. The predicted molar refractivity (Wildman–Crippen MR) is 91.6 cm³/mol. The number of amides is 1. The van der Waals surface area contributed by atoms with Crippen molar-refractivity contribution in [1.29, 1.82) is 0 Å². The van der Waals surface area contributed by atoms with Gasteiger partial charge >= 0.3 is 0 Å². The van der Waals surface area contributed by atoms with Crippen molar-refractivity contribution in [3.05, 3.63) is 58.9 Å². The number of hydrogen-bond donors (Lipinski definition) is 2. The highest BCUT2D eigenvalue weighted by atomic mass is 35.5. The van der Waals surface area contributed by atoms with Gasteiger partial charge in [0.15, 0.2) is 0 Å². The van der Waals surface area contributed by atoms with Crippen LogP contribution in [-0.4, -0.2) is 11.4 Å². The molecular weight excluding hydrogens is 315 g/mol. The molecule has 2 aromatic carbocycles. The average Bonchev–Trinajstić information content (AvgIpc) is 2.46. The first kappa shape index (κ1) is 17.4. The zero-order valence-corrected chi connectivity index (χ0v) is 14.0. The number of halogens is 2. The van der Waals surface area contributed by atoms with E-state index in [0.717, 1.165) is 16.7 Å². The highest BCUT2D eigenvalue weighted by Crippen LogP contribution is 2.25. The van der Waals surface area contributed by atoms with E-state index in [4.69, 9.17) is 17.3 Å². The van der Waals surface area contributed by atoms with Crippen molar-refractivity contribution in [3.63, 3.8) is 0 Å². The maximum Gasteiger partial charge on any atom is 0.222 e. The molecule has 0 aromatic heterocycles. The summed E-state index contributed by atoms with van der Waals surface area (Å²) in [5.74, 6) is -0.532. The second kappa shape index (κ2) is 7.11. The summed E-state index contributed by atoms with van der Waals surface area (Å²) in [6, 6.07) is 12.3. The van der Waals surface area contributed by atoms with Crippen molar-refractivity contribution >= 4 is 17.5 Å². The van der Waals surface area contributed by atoms with Crippen LogP contribution in [0.1, 0.15) is 25.8 Å². The molecule has 0 saturated carbocycles. The van der Waals surface area contributed by atoms with Crippen LogP contribution < -0.4 is 11.1 Å². The highest BCUT2D eigenvalue weighted by molar-refractivity contribution is 6.31. The van der Waals surface area contributed by atoms with Gasteiger partial charge in [0.25, 0.3) is 0 Å². The molecule has 3 N–H and O–H groups in total. The first-order valence-electron chi connectivity index (χ1n) is 7.34. The third-order valence-electron chi connectivity index (χ3n) is 3.29. The number of rotatable bonds is 5. The zero-order chi connectivity index (χ0) is 17.0. The molecule has 0 heterocycles. The maximum atomic E-state index is 13.2. The zero-order valence-electron chi connectivity index (χ0n) is 13.2. The Kier molecular flexibility index (Phi) is 5.39. The van der Waals surface area contributed by atoms with E-state index in [9.17, 15) is 9.18 Å². The second-order valence-electron chi connectivity index (χ2n) is 6.27. The Hall–Kier alpha value is -1.91. The van der Waals surface area contributed by atoms with E-state index in [0.29, 0.717) is 6.54 Å². The minimum atomic E-state index is -0.531. The molecule has 0 atom stereocenters. The van der Waals surface area contributed by atoms with Crippen LogP contribution in [0, 0.1) is 5.82 Å². The van der Waals surface area contributed by atoms with E-state index >= 15 is 0 Å². The Balaban J connectivity index is 2.08. The van der Waals surface area contributed by atoms with E-state index in [1.54, 1.807) is 12.1 Å². The van der Waals surface area contributed by atoms with Crippen molar-refractivity contribution in [1.82, 2.24) is 5.32 Å². The lowest BCUT2D eigenvalue weighted by Crippen LogP contribution is -2.38. The van der Waals surface area contributed by atoms with Gasteiger partial charge in [-0.1, -0.05) is 35.9 Å². The summed E-state index contributed by atoms with van der Waals surface area (Å²) in [7, 11) is 0. The van der Waals surface area contributed by atoms with E-state index in [1.807, 2.05) is 38.1 Å². The molecule has 2 rings (SSSR count). The van der Waals surface area contributed by atoms with Crippen LogP contribution in [0.25, 0.3) is 11.1 Å². The minimum Gasteiger partial charge on any atom is -0.352 e. The normalized spacial score (nSPS) is 11.3. The lowest BCUT2D eigenvalue weighted by Gasteiger charge is -2.17. The van der Waals surface area contributed by atoms with Crippen LogP contribution in [0.5, 0.6) is 0 Å². The standard InChI is InChI=1S/C18H20ClFN2O/c1-18(2,21)10-17(23)22-11-12-4-3-5-13(8-12)14-6-7-16(20)15(19)9-14/h3-9H,10-11,21H2,1-2H3,(H,22,23). The van der Waals surface area contributed by atoms with Crippen molar-refractivity contribution in [3.8, 4) is 11.1 Å². The number of nitrogens with two attached hydrogens (primary N) is 1. The molecule has 0 fully saturated rings. The maximum absolute atomic E-state index is 13.2. The first-order valence-corrected chi connectivity index (χ1v) is 7.72. The monoisotopic (exact) mass is 334 g/mol. The summed E-state index contributed by atoms with van der Waals surface area (Å²) < 4.78 is 13.2. The van der Waals surface area contributed by atoms with Crippen LogP contribution >= 0.6 is 11.6 Å². The molecule has 122 valence electrons. The molecule has 23 heavy (non-hydrogen) atoms. The molecule has 0 aliphatic heterocycles. The largest absolute Gasteiger partial charge is 0.352 e. The fourth-order valence-corrected chi connectivity index (χ4v) is 2.39. The fraction of sp³-hybridized carbons (Fsp3) is 0.278. The molecule has 2 aromatic rings. The van der Waals surface area contributed by atoms with Crippen molar-refractivity contribution in [2.75, 3.05) is 0 Å². The Morgan fingerprint density at radius 1 is 1.22 bits per heavy atom. The first-order chi connectivity index (χ1) is 10.7. The average molecular weight is 335 g/mol. The summed E-state index contributed by atoms with van der Waals surface area (Å²) in [5.41, 5.74) is 7.99. The van der Waals surface area contributed by atoms with E-state index in [1.165, 1.54) is 6.07 Å². The van der Waals surface area contributed by atoms with E-state index in [-0.39, 0.29) is 17.4 Å². The molecular formula is C18H20ClFN2O. The SMILES string of the molecule is CC(C)(N)CC(=O)NCc1cccc(-c2ccc(F)c(Cl)c2)c1. The highest BCUT2D eigenvalue weighted by Gasteiger charge is 2.15. The van der Waals surface area contributed by atoms with Crippen LogP contribution in [-0.2, 0) is 11.3 Å². The number of benzene rings is 2. The van der Waals surface area contributed by atoms with Gasteiger partial charge in [0.2, 0.25) is 5.91 Å². The van der Waals surface area contributed by atoms with E-state index in [2.05, 4.69) is 5.32 Å². The van der Waals surface area contributed by atoms with Crippen molar-refractivity contribution < 1.29 is 9.18 Å². The molecule has 0 radical (unpaired) electrons. The number of carbonyl (C=O) groups excluding carboxylic acids is 1. The molecule has 0 bridgehead atoms. The van der Waals surface area contributed by atoms with E-state index < -0.39 is 11.4 Å². The number of nitrogens with one attached hydrogen (secondary N) is 1. The third-order valence-corrected chi connectivity index (χ3v) is 3.58. The minimum absolute atomic E-state index is 0.0892. The van der Waals surface area contributed by atoms with Crippen LogP contribution in [0.15, 0.2) is 42.5 Å². The van der Waals surface area contributed by atoms with Crippen LogP contribution in [0.3, 0.4) is 0 Å². The van der Waals surface area contributed by atoms with Gasteiger partial charge < -0.3 is 11.1 Å². The van der Waals surface area contributed by atoms with Gasteiger partial charge in [0.05, 0.1) is 5.02 Å². The Morgan fingerprint density at radius 3 is 2.57 bits per heavy atom. The summed E-state index contributed by atoms with van der Waals surface area (Å²) in [5, 5.41) is 2.94. The summed E-state index contributed by atoms with van der Waals surface area (Å²) in [6.45, 7) is 4.04. The lowest BCUT2D eigenvalue weighted by molar-refractivity contribution is -0.122. The van der Waals surface area contributed by atoms with Gasteiger partial charge in [-0.05, 0) is 48.7 Å². The number of carbonyl (C=O) groups is 1. The predicted octanol–water partition coefficient (Wildman–Crippen LogP) is 3.89. The second-order valence-corrected chi connectivity index (χ2v) is 6.68. The summed E-state index contributed by atoms with van der Waals surface area (Å²) in [6.07, 6.45) is 0.264. The van der Waals surface area contributed by atoms with Gasteiger partial charge in [0.1, 0.15) is 5.82 Å². The molecule has 1 amide bonds. The molecule has 0 saturated heterocycles. The molecule has 5 heteroatoms. The topological polar surface area (TPSA) is 55.1 Å². The molecule has 0 aliphatic carbocycles. The Labute approximate surface area is 140 Å². The van der Waals surface area contributed by atoms with Crippen molar-refractivity contribution in [2.45, 2.75) is 32.4 Å². The Bertz CT molecular complexity index is 710. The van der Waals surface area contributed by atoms with Gasteiger partial charge in [-0.15, -0.1) is 0 Å². The van der Waals surface area contributed by atoms with Crippen LogP contribution in [0.2, 0.25) is 5.02 Å². The fourth-order valence-electron chi connectivity index (χ4n) is 2.21. The quantitative estimate of drug-likeness (QED) is 0.871. The van der Waals surface area contributed by atoms with Crippen LogP contribution in [0.4, 0.5) is 4.39 Å². The van der Waals surface area contributed by atoms with Crippen molar-refractivity contribution in [2.24, 2.45) is 5.73 Å². The third kappa shape index (κ3) is 5.34. The van der Waals surface area contributed by atoms with Gasteiger partial charge in [0, 0.05) is 18.5 Å².